The molecule has 0 unspecified atom stereocenters. The summed E-state index contributed by atoms with van der Waals surface area (Å²) < 4.78 is 19.8. The van der Waals surface area contributed by atoms with Crippen molar-refractivity contribution in [2.45, 2.75) is 0 Å². The Bertz CT molecular complexity index is 1020. The average Bonchev–Trinajstić information content (AvgIpc) is 3.07. The van der Waals surface area contributed by atoms with Crippen LogP contribution in [0.3, 0.4) is 0 Å². The number of amides is 1. The van der Waals surface area contributed by atoms with E-state index in [1.807, 2.05) is 0 Å². The molecule has 6 nitrogen and oxygen atoms in total. The zero-order chi connectivity index (χ0) is 18.8. The molecule has 0 bridgehead atoms. The van der Waals surface area contributed by atoms with Crippen molar-refractivity contribution in [3.63, 3.8) is 0 Å². The van der Waals surface area contributed by atoms with Gasteiger partial charge in [0.1, 0.15) is 16.6 Å². The highest BCUT2D eigenvalue weighted by atomic mass is 79.9. The second-order valence-corrected chi connectivity index (χ2v) is 6.49. The van der Waals surface area contributed by atoms with E-state index in [9.17, 15) is 19.3 Å². The summed E-state index contributed by atoms with van der Waals surface area (Å²) in [5, 5.41) is 13.4. The van der Waals surface area contributed by atoms with Gasteiger partial charge in [-0.1, -0.05) is 27.5 Å². The van der Waals surface area contributed by atoms with Gasteiger partial charge in [-0.05, 0) is 42.5 Å². The molecule has 2 aromatic carbocycles. The van der Waals surface area contributed by atoms with Crippen LogP contribution in [0.25, 0.3) is 11.3 Å². The van der Waals surface area contributed by atoms with E-state index in [1.165, 1.54) is 42.5 Å². The number of benzene rings is 2. The van der Waals surface area contributed by atoms with E-state index in [0.29, 0.717) is 10.0 Å². The summed E-state index contributed by atoms with van der Waals surface area (Å²) in [6, 6.07) is 11.2. The van der Waals surface area contributed by atoms with Gasteiger partial charge in [-0.2, -0.15) is 0 Å². The minimum atomic E-state index is -0.652. The van der Waals surface area contributed by atoms with E-state index in [4.69, 9.17) is 16.0 Å². The van der Waals surface area contributed by atoms with Gasteiger partial charge in [0.05, 0.1) is 10.6 Å². The quantitative estimate of drug-likeness (QED) is 0.420. The fourth-order valence-electron chi connectivity index (χ4n) is 2.20. The molecule has 0 aliphatic heterocycles. The molecule has 26 heavy (non-hydrogen) atoms. The maximum Gasteiger partial charge on any atom is 0.291 e. The van der Waals surface area contributed by atoms with E-state index in [-0.39, 0.29) is 27.9 Å². The number of hydrogen-bond acceptors (Lipinski definition) is 4. The molecule has 0 radical (unpaired) electrons. The van der Waals surface area contributed by atoms with Gasteiger partial charge in [0, 0.05) is 16.1 Å². The number of rotatable bonds is 4. The van der Waals surface area contributed by atoms with Crippen LogP contribution in [-0.2, 0) is 0 Å². The van der Waals surface area contributed by atoms with Crippen molar-refractivity contribution in [1.29, 1.82) is 0 Å². The van der Waals surface area contributed by atoms with Gasteiger partial charge < -0.3 is 9.73 Å². The smallest absolute Gasteiger partial charge is 0.291 e. The Labute approximate surface area is 159 Å². The molecule has 1 heterocycles. The Balaban J connectivity index is 1.84. The molecule has 0 saturated carbocycles. The molecular weight excluding hydrogens is 431 g/mol. The molecule has 0 aliphatic rings. The van der Waals surface area contributed by atoms with Crippen molar-refractivity contribution < 1.29 is 18.5 Å². The first-order valence-electron chi connectivity index (χ1n) is 7.15. The largest absolute Gasteiger partial charge is 0.451 e. The Morgan fingerprint density at radius 1 is 1.19 bits per heavy atom. The molecule has 3 aromatic rings. The predicted molar refractivity (Wildman–Crippen MR) is 97.9 cm³/mol. The highest BCUT2D eigenvalue weighted by Crippen LogP contribution is 2.31. The van der Waals surface area contributed by atoms with Crippen LogP contribution in [-0.4, -0.2) is 10.8 Å². The number of carbonyl (C=O) groups excluding carboxylic acids is 1. The summed E-state index contributed by atoms with van der Waals surface area (Å²) in [4.78, 5) is 22.6. The van der Waals surface area contributed by atoms with Gasteiger partial charge in [0.25, 0.3) is 11.6 Å². The van der Waals surface area contributed by atoms with Crippen LogP contribution < -0.4 is 5.32 Å². The third-order valence-electron chi connectivity index (χ3n) is 3.44. The summed E-state index contributed by atoms with van der Waals surface area (Å²) in [5.41, 5.74) is 0.108. The van der Waals surface area contributed by atoms with Crippen LogP contribution in [0.2, 0.25) is 5.02 Å². The predicted octanol–water partition coefficient (Wildman–Crippen LogP) is 5.66. The normalized spacial score (nSPS) is 10.6. The fourth-order valence-corrected chi connectivity index (χ4v) is 2.72. The molecule has 0 fully saturated rings. The van der Waals surface area contributed by atoms with Crippen LogP contribution in [0.1, 0.15) is 10.6 Å². The van der Waals surface area contributed by atoms with Crippen LogP contribution in [0.5, 0.6) is 0 Å². The summed E-state index contributed by atoms with van der Waals surface area (Å²) in [7, 11) is 0. The zero-order valence-electron chi connectivity index (χ0n) is 12.8. The molecule has 0 aliphatic carbocycles. The third-order valence-corrected chi connectivity index (χ3v) is 4.25. The molecule has 0 saturated heterocycles. The molecule has 1 N–H and O–H groups in total. The Morgan fingerprint density at radius 2 is 1.96 bits per heavy atom. The second-order valence-electron chi connectivity index (χ2n) is 5.17. The van der Waals surface area contributed by atoms with Crippen molar-refractivity contribution in [2.24, 2.45) is 0 Å². The number of nitro groups is 1. The number of anilines is 1. The highest BCUT2D eigenvalue weighted by molar-refractivity contribution is 9.10. The average molecular weight is 440 g/mol. The van der Waals surface area contributed by atoms with Crippen LogP contribution in [0, 0.1) is 15.9 Å². The lowest BCUT2D eigenvalue weighted by Gasteiger charge is -2.05. The lowest BCUT2D eigenvalue weighted by atomic mass is 10.1. The number of furan rings is 1. The van der Waals surface area contributed by atoms with Gasteiger partial charge in [0.2, 0.25) is 0 Å². The van der Waals surface area contributed by atoms with Crippen molar-refractivity contribution in [3.05, 3.63) is 79.7 Å². The van der Waals surface area contributed by atoms with Gasteiger partial charge in [0.15, 0.2) is 5.76 Å². The number of hydrogen-bond donors (Lipinski definition) is 1. The summed E-state index contributed by atoms with van der Waals surface area (Å²) in [6.07, 6.45) is 0. The number of carbonyl (C=O) groups is 1. The highest BCUT2D eigenvalue weighted by Gasteiger charge is 2.18. The van der Waals surface area contributed by atoms with Crippen molar-refractivity contribution >= 4 is 44.8 Å². The van der Waals surface area contributed by atoms with Gasteiger partial charge in [-0.3, -0.25) is 14.9 Å². The van der Waals surface area contributed by atoms with Gasteiger partial charge in [-0.15, -0.1) is 0 Å². The molecule has 132 valence electrons. The summed E-state index contributed by atoms with van der Waals surface area (Å²) in [5.74, 6) is -1.08. The van der Waals surface area contributed by atoms with E-state index in [1.54, 1.807) is 6.07 Å². The maximum absolute atomic E-state index is 13.8. The first-order valence-corrected chi connectivity index (χ1v) is 8.33. The fraction of sp³-hybridized carbons (Fsp3) is 0. The van der Waals surface area contributed by atoms with E-state index in [2.05, 4.69) is 21.2 Å². The minimum Gasteiger partial charge on any atom is -0.451 e. The van der Waals surface area contributed by atoms with Crippen molar-refractivity contribution in [1.82, 2.24) is 0 Å². The third kappa shape index (κ3) is 3.76. The van der Waals surface area contributed by atoms with E-state index in [0.717, 1.165) is 0 Å². The second kappa shape index (κ2) is 7.27. The standard InChI is InChI=1S/C17H9BrClFN2O4/c18-10-2-4-13(12(20)8-10)21-17(23)16-6-5-15(26-16)9-1-3-11(19)14(7-9)22(24)25/h1-8H,(H,21,23). The monoisotopic (exact) mass is 438 g/mol. The first kappa shape index (κ1) is 18.1. The summed E-state index contributed by atoms with van der Waals surface area (Å²) >= 11 is 8.90. The molecule has 9 heteroatoms. The topological polar surface area (TPSA) is 85.4 Å². The zero-order valence-corrected chi connectivity index (χ0v) is 15.2. The Kier molecular flexibility index (Phi) is 5.06. The number of nitro benzene ring substituents is 1. The van der Waals surface area contributed by atoms with Gasteiger partial charge in [-0.25, -0.2) is 4.39 Å². The molecule has 0 atom stereocenters. The molecule has 1 aromatic heterocycles. The number of halogens is 3. The molecular formula is C17H9BrClFN2O4. The SMILES string of the molecule is O=C(Nc1ccc(Br)cc1F)c1ccc(-c2ccc(Cl)c([N+](=O)[O-])c2)o1. The maximum atomic E-state index is 13.8. The molecule has 0 spiro atoms. The first-order chi connectivity index (χ1) is 12.3. The molecule has 1 amide bonds. The lowest BCUT2D eigenvalue weighted by Crippen LogP contribution is -2.12. The lowest BCUT2D eigenvalue weighted by molar-refractivity contribution is -0.384. The minimum absolute atomic E-state index is 0.00159. The molecule has 3 rings (SSSR count). The van der Waals surface area contributed by atoms with Crippen molar-refractivity contribution in [3.8, 4) is 11.3 Å². The van der Waals surface area contributed by atoms with Gasteiger partial charge >= 0.3 is 0 Å². The number of nitrogens with one attached hydrogen (secondary N) is 1. The Hall–Kier alpha value is -2.71. The van der Waals surface area contributed by atoms with Crippen LogP contribution >= 0.6 is 27.5 Å². The van der Waals surface area contributed by atoms with Crippen molar-refractivity contribution in [2.75, 3.05) is 5.32 Å². The van der Waals surface area contributed by atoms with E-state index >= 15 is 0 Å². The van der Waals surface area contributed by atoms with Crippen LogP contribution in [0.4, 0.5) is 15.8 Å². The summed E-state index contributed by atoms with van der Waals surface area (Å²) in [6.45, 7) is 0. The number of nitrogens with zero attached hydrogens (tertiary/aromatic N) is 1. The Morgan fingerprint density at radius 3 is 2.65 bits per heavy atom. The van der Waals surface area contributed by atoms with Crippen LogP contribution in [0.15, 0.2) is 57.4 Å². The van der Waals surface area contributed by atoms with E-state index < -0.39 is 16.6 Å².